The van der Waals surface area contributed by atoms with E-state index in [1.54, 1.807) is 12.1 Å². The maximum absolute atomic E-state index is 12.9. The predicted octanol–water partition coefficient (Wildman–Crippen LogP) is 4.45. The first-order chi connectivity index (χ1) is 8.27. The van der Waals surface area contributed by atoms with Crippen LogP contribution >= 0.6 is 0 Å². The Labute approximate surface area is 104 Å². The highest BCUT2D eigenvalue weighted by molar-refractivity contribution is 5.19. The molecule has 1 N–H and O–H groups in total. The van der Waals surface area contributed by atoms with Crippen molar-refractivity contribution < 1.29 is 4.39 Å². The third-order valence-corrected chi connectivity index (χ3v) is 3.07. The Morgan fingerprint density at radius 1 is 1.06 bits per heavy atom. The lowest BCUT2D eigenvalue weighted by Gasteiger charge is -2.18. The molecule has 17 heavy (non-hydrogen) atoms. The van der Waals surface area contributed by atoms with Gasteiger partial charge in [-0.1, -0.05) is 51.7 Å². The van der Waals surface area contributed by atoms with Crippen LogP contribution < -0.4 is 5.32 Å². The first-order valence-corrected chi connectivity index (χ1v) is 6.76. The first kappa shape index (κ1) is 14.2. The molecule has 0 aliphatic carbocycles. The summed E-state index contributed by atoms with van der Waals surface area (Å²) < 4.78 is 12.9. The van der Waals surface area contributed by atoms with Crippen molar-refractivity contribution >= 4 is 0 Å². The summed E-state index contributed by atoms with van der Waals surface area (Å²) in [5.74, 6) is -0.157. The van der Waals surface area contributed by atoms with Gasteiger partial charge in [-0.15, -0.1) is 0 Å². The number of benzene rings is 1. The topological polar surface area (TPSA) is 12.0 Å². The third kappa shape index (κ3) is 5.31. The Bertz CT molecular complexity index is 294. The molecule has 0 spiro atoms. The summed E-state index contributed by atoms with van der Waals surface area (Å²) in [6.07, 6.45) is 6.24. The van der Waals surface area contributed by atoms with Crippen molar-refractivity contribution in [2.45, 2.75) is 52.0 Å². The molecule has 0 radical (unpaired) electrons. The molecule has 96 valence electrons. The minimum atomic E-state index is -0.157. The fourth-order valence-corrected chi connectivity index (χ4v) is 2.10. The van der Waals surface area contributed by atoms with Crippen LogP contribution in [0.1, 0.15) is 57.6 Å². The predicted molar refractivity (Wildman–Crippen MR) is 71.6 cm³/mol. The number of nitrogens with one attached hydrogen (secondary N) is 1. The van der Waals surface area contributed by atoms with E-state index in [0.29, 0.717) is 6.04 Å². The third-order valence-electron chi connectivity index (χ3n) is 3.07. The summed E-state index contributed by atoms with van der Waals surface area (Å²) in [5.41, 5.74) is 1.20. The second-order valence-electron chi connectivity index (χ2n) is 4.51. The van der Waals surface area contributed by atoms with Gasteiger partial charge in [-0.3, -0.25) is 0 Å². The van der Waals surface area contributed by atoms with Gasteiger partial charge in [-0.05, 0) is 30.7 Å². The average Bonchev–Trinajstić information content (AvgIpc) is 2.34. The van der Waals surface area contributed by atoms with Crippen molar-refractivity contribution in [2.24, 2.45) is 0 Å². The van der Waals surface area contributed by atoms with Crippen LogP contribution in [0, 0.1) is 5.82 Å². The summed E-state index contributed by atoms with van der Waals surface area (Å²) in [6, 6.07) is 7.25. The maximum atomic E-state index is 12.9. The van der Waals surface area contributed by atoms with E-state index >= 15 is 0 Å². The summed E-state index contributed by atoms with van der Waals surface area (Å²) in [7, 11) is 0. The van der Waals surface area contributed by atoms with Crippen LogP contribution in [-0.4, -0.2) is 6.54 Å². The van der Waals surface area contributed by atoms with Crippen LogP contribution in [0.3, 0.4) is 0 Å². The molecule has 0 heterocycles. The minimum Gasteiger partial charge on any atom is -0.310 e. The lowest BCUT2D eigenvalue weighted by atomic mass is 10.00. The largest absolute Gasteiger partial charge is 0.310 e. The van der Waals surface area contributed by atoms with Gasteiger partial charge in [-0.25, -0.2) is 4.39 Å². The normalized spacial score (nSPS) is 12.6. The van der Waals surface area contributed by atoms with Crippen LogP contribution in [0.2, 0.25) is 0 Å². The number of hydrogen-bond donors (Lipinski definition) is 1. The Kier molecular flexibility index (Phi) is 6.87. The number of unbranched alkanes of at least 4 members (excludes halogenated alkanes) is 3. The van der Waals surface area contributed by atoms with E-state index in [-0.39, 0.29) is 5.82 Å². The molecular weight excluding hydrogens is 213 g/mol. The maximum Gasteiger partial charge on any atom is 0.123 e. The van der Waals surface area contributed by atoms with Gasteiger partial charge in [0.25, 0.3) is 0 Å². The molecule has 0 saturated carbocycles. The van der Waals surface area contributed by atoms with Gasteiger partial charge in [0.1, 0.15) is 5.82 Å². The molecule has 1 rings (SSSR count). The molecule has 1 unspecified atom stereocenters. The molecular formula is C15H24FN. The van der Waals surface area contributed by atoms with E-state index in [4.69, 9.17) is 0 Å². The molecule has 1 atom stereocenters. The highest BCUT2D eigenvalue weighted by Crippen LogP contribution is 2.20. The highest BCUT2D eigenvalue weighted by atomic mass is 19.1. The zero-order valence-corrected chi connectivity index (χ0v) is 11.0. The standard InChI is InChI=1S/C15H24FN/c1-3-5-6-7-8-15(17-4-2)13-9-11-14(16)12-10-13/h9-12,15,17H,3-8H2,1-2H3. The first-order valence-electron chi connectivity index (χ1n) is 6.76. The quantitative estimate of drug-likeness (QED) is 0.659. The van der Waals surface area contributed by atoms with Crippen molar-refractivity contribution in [1.29, 1.82) is 0 Å². The lowest BCUT2D eigenvalue weighted by molar-refractivity contribution is 0.481. The summed E-state index contributed by atoms with van der Waals surface area (Å²) in [6.45, 7) is 5.29. The number of hydrogen-bond acceptors (Lipinski definition) is 1. The van der Waals surface area contributed by atoms with E-state index in [0.717, 1.165) is 13.0 Å². The molecule has 0 saturated heterocycles. The Balaban J connectivity index is 2.49. The summed E-state index contributed by atoms with van der Waals surface area (Å²) in [4.78, 5) is 0. The molecule has 1 aromatic rings. The van der Waals surface area contributed by atoms with E-state index in [2.05, 4.69) is 19.2 Å². The van der Waals surface area contributed by atoms with Crippen molar-refractivity contribution in [2.75, 3.05) is 6.54 Å². The Morgan fingerprint density at radius 3 is 2.35 bits per heavy atom. The molecule has 1 aromatic carbocycles. The molecule has 1 nitrogen and oxygen atoms in total. The molecule has 0 bridgehead atoms. The SMILES string of the molecule is CCCCCCC(NCC)c1ccc(F)cc1. The summed E-state index contributed by atoms with van der Waals surface area (Å²) >= 11 is 0. The molecule has 0 fully saturated rings. The number of halogens is 1. The van der Waals surface area contributed by atoms with Crippen molar-refractivity contribution in [3.63, 3.8) is 0 Å². The van der Waals surface area contributed by atoms with E-state index in [9.17, 15) is 4.39 Å². The lowest BCUT2D eigenvalue weighted by Crippen LogP contribution is -2.20. The molecule has 2 heteroatoms. The van der Waals surface area contributed by atoms with Crippen LogP contribution in [-0.2, 0) is 0 Å². The minimum absolute atomic E-state index is 0.157. The van der Waals surface area contributed by atoms with E-state index in [1.165, 1.54) is 31.2 Å². The van der Waals surface area contributed by atoms with Gasteiger partial charge in [0.2, 0.25) is 0 Å². The van der Waals surface area contributed by atoms with Gasteiger partial charge in [0, 0.05) is 6.04 Å². The van der Waals surface area contributed by atoms with Crippen molar-refractivity contribution in [3.8, 4) is 0 Å². The van der Waals surface area contributed by atoms with Gasteiger partial charge in [-0.2, -0.15) is 0 Å². The van der Waals surface area contributed by atoms with Crippen LogP contribution in [0.15, 0.2) is 24.3 Å². The molecule has 0 amide bonds. The van der Waals surface area contributed by atoms with E-state index < -0.39 is 0 Å². The zero-order chi connectivity index (χ0) is 12.5. The molecule has 0 aliphatic rings. The van der Waals surface area contributed by atoms with Crippen LogP contribution in [0.5, 0.6) is 0 Å². The van der Waals surface area contributed by atoms with Gasteiger partial charge in [0.15, 0.2) is 0 Å². The number of rotatable bonds is 8. The van der Waals surface area contributed by atoms with Gasteiger partial charge < -0.3 is 5.32 Å². The van der Waals surface area contributed by atoms with Crippen LogP contribution in [0.25, 0.3) is 0 Å². The fraction of sp³-hybridized carbons (Fsp3) is 0.600. The fourth-order valence-electron chi connectivity index (χ4n) is 2.10. The zero-order valence-electron chi connectivity index (χ0n) is 11.0. The van der Waals surface area contributed by atoms with Gasteiger partial charge >= 0.3 is 0 Å². The highest BCUT2D eigenvalue weighted by Gasteiger charge is 2.09. The van der Waals surface area contributed by atoms with Crippen molar-refractivity contribution in [3.05, 3.63) is 35.6 Å². The molecule has 0 aromatic heterocycles. The van der Waals surface area contributed by atoms with E-state index in [1.807, 2.05) is 12.1 Å². The average molecular weight is 237 g/mol. The van der Waals surface area contributed by atoms with Crippen molar-refractivity contribution in [1.82, 2.24) is 5.32 Å². The molecule has 0 aliphatic heterocycles. The Morgan fingerprint density at radius 2 is 1.76 bits per heavy atom. The smallest absolute Gasteiger partial charge is 0.123 e. The van der Waals surface area contributed by atoms with Gasteiger partial charge in [0.05, 0.1) is 0 Å². The second-order valence-corrected chi connectivity index (χ2v) is 4.51. The van der Waals surface area contributed by atoms with Crippen LogP contribution in [0.4, 0.5) is 4.39 Å². The monoisotopic (exact) mass is 237 g/mol. The Hall–Kier alpha value is -0.890. The second kappa shape index (κ2) is 8.24. The summed E-state index contributed by atoms with van der Waals surface area (Å²) in [5, 5.41) is 3.47.